The van der Waals surface area contributed by atoms with Crippen LogP contribution >= 0.6 is 0 Å². The molecule has 0 spiro atoms. The summed E-state index contributed by atoms with van der Waals surface area (Å²) in [5.41, 5.74) is -2.76. The molecule has 0 aromatic heterocycles. The predicted octanol–water partition coefficient (Wildman–Crippen LogP) is 4.40. The molecule has 2 N–H and O–H groups in total. The summed E-state index contributed by atoms with van der Waals surface area (Å²) < 4.78 is 54.7. The molecule has 0 saturated carbocycles. The van der Waals surface area contributed by atoms with Gasteiger partial charge in [-0.25, -0.2) is 4.39 Å². The number of halogens is 4. The average molecular weight is 359 g/mol. The summed E-state index contributed by atoms with van der Waals surface area (Å²) in [6.45, 7) is 6.77. The van der Waals surface area contributed by atoms with E-state index in [2.05, 4.69) is 5.32 Å². The molecule has 0 saturated heterocycles. The molecule has 3 unspecified atom stereocenters. The van der Waals surface area contributed by atoms with Gasteiger partial charge in [0.05, 0.1) is 0 Å². The van der Waals surface area contributed by atoms with Crippen molar-refractivity contribution in [2.75, 3.05) is 0 Å². The Balaban J connectivity index is 2.32. The van der Waals surface area contributed by atoms with E-state index in [0.29, 0.717) is 11.1 Å². The molecule has 2 rings (SSSR count). The molecule has 25 heavy (non-hydrogen) atoms. The van der Waals surface area contributed by atoms with Crippen molar-refractivity contribution in [1.29, 1.82) is 0 Å². The molecule has 1 aliphatic heterocycles. The van der Waals surface area contributed by atoms with Gasteiger partial charge in [-0.1, -0.05) is 32.1 Å². The second kappa shape index (κ2) is 6.72. The van der Waals surface area contributed by atoms with E-state index in [1.165, 1.54) is 12.1 Å². The van der Waals surface area contributed by atoms with Gasteiger partial charge in [-0.05, 0) is 48.9 Å². The number of aryl methyl sites for hydroxylation is 1. The molecule has 0 radical (unpaired) electrons. The number of benzene rings is 1. The molecule has 2 nitrogen and oxygen atoms in total. The molecule has 1 aromatic rings. The molecular formula is C19H25F4NO. The Morgan fingerprint density at radius 3 is 2.32 bits per heavy atom. The molecule has 1 heterocycles. The van der Waals surface area contributed by atoms with Gasteiger partial charge in [0.1, 0.15) is 5.82 Å². The van der Waals surface area contributed by atoms with Crippen molar-refractivity contribution in [2.24, 2.45) is 0 Å². The number of hydrogen-bond donors (Lipinski definition) is 2. The number of hydrogen-bond acceptors (Lipinski definition) is 2. The van der Waals surface area contributed by atoms with Gasteiger partial charge in [0.15, 0.2) is 5.60 Å². The van der Waals surface area contributed by atoms with Gasteiger partial charge in [0.2, 0.25) is 0 Å². The van der Waals surface area contributed by atoms with E-state index in [4.69, 9.17) is 0 Å². The highest BCUT2D eigenvalue weighted by Crippen LogP contribution is 2.44. The lowest BCUT2D eigenvalue weighted by atomic mass is 9.72. The van der Waals surface area contributed by atoms with Gasteiger partial charge in [-0.2, -0.15) is 13.2 Å². The van der Waals surface area contributed by atoms with Crippen LogP contribution in [-0.4, -0.2) is 29.0 Å². The first-order valence-corrected chi connectivity index (χ1v) is 8.34. The Morgan fingerprint density at radius 1 is 1.16 bits per heavy atom. The van der Waals surface area contributed by atoms with E-state index < -0.39 is 41.9 Å². The Kier molecular flexibility index (Phi) is 5.36. The molecule has 0 fully saturated rings. The number of nitrogens with one attached hydrogen (secondary N) is 1. The van der Waals surface area contributed by atoms with Crippen LogP contribution in [0.5, 0.6) is 0 Å². The van der Waals surface area contributed by atoms with Crippen molar-refractivity contribution in [1.82, 2.24) is 5.32 Å². The minimum absolute atomic E-state index is 0.0269. The van der Waals surface area contributed by atoms with E-state index in [1.807, 2.05) is 6.92 Å². The van der Waals surface area contributed by atoms with Crippen molar-refractivity contribution < 1.29 is 22.7 Å². The highest BCUT2D eigenvalue weighted by molar-refractivity contribution is 5.33. The van der Waals surface area contributed by atoms with Crippen LogP contribution in [0.25, 0.3) is 0 Å². The predicted molar refractivity (Wildman–Crippen MR) is 89.9 cm³/mol. The first-order chi connectivity index (χ1) is 11.3. The van der Waals surface area contributed by atoms with E-state index in [0.717, 1.165) is 0 Å². The van der Waals surface area contributed by atoms with Crippen molar-refractivity contribution >= 4 is 0 Å². The minimum Gasteiger partial charge on any atom is -0.380 e. The monoisotopic (exact) mass is 359 g/mol. The summed E-state index contributed by atoms with van der Waals surface area (Å²) in [4.78, 5) is 0. The molecule has 1 aromatic carbocycles. The molecular weight excluding hydrogens is 334 g/mol. The highest BCUT2D eigenvalue weighted by atomic mass is 19.4. The summed E-state index contributed by atoms with van der Waals surface area (Å²) >= 11 is 0. The largest absolute Gasteiger partial charge is 0.417 e. The lowest BCUT2D eigenvalue weighted by Crippen LogP contribution is -2.52. The maximum Gasteiger partial charge on any atom is 0.417 e. The smallest absolute Gasteiger partial charge is 0.380 e. The zero-order chi connectivity index (χ0) is 19.0. The van der Waals surface area contributed by atoms with Crippen LogP contribution in [0.2, 0.25) is 0 Å². The minimum atomic E-state index is -4.78. The van der Waals surface area contributed by atoms with Crippen LogP contribution in [0.15, 0.2) is 30.4 Å². The lowest BCUT2D eigenvalue weighted by Gasteiger charge is -2.39. The van der Waals surface area contributed by atoms with Gasteiger partial charge in [-0.15, -0.1) is 0 Å². The van der Waals surface area contributed by atoms with Crippen LogP contribution in [0.1, 0.15) is 44.7 Å². The first kappa shape index (κ1) is 19.9. The maximum absolute atomic E-state index is 13.7. The van der Waals surface area contributed by atoms with E-state index in [9.17, 15) is 22.7 Å². The van der Waals surface area contributed by atoms with Crippen molar-refractivity contribution in [3.05, 3.63) is 47.3 Å². The van der Waals surface area contributed by atoms with Crippen molar-refractivity contribution in [2.45, 2.75) is 69.8 Å². The SMILES string of the molecule is Cc1ccc(F)cc1C(C)(C)CC(O)(CC1C=CC(C)N1)C(F)(F)F. The van der Waals surface area contributed by atoms with E-state index >= 15 is 0 Å². The van der Waals surface area contributed by atoms with Gasteiger partial charge in [-0.3, -0.25) is 0 Å². The van der Waals surface area contributed by atoms with E-state index in [-0.39, 0.29) is 6.04 Å². The zero-order valence-electron chi connectivity index (χ0n) is 14.9. The van der Waals surface area contributed by atoms with Crippen LogP contribution in [0, 0.1) is 12.7 Å². The molecule has 0 bridgehead atoms. The third kappa shape index (κ3) is 4.42. The van der Waals surface area contributed by atoms with Crippen molar-refractivity contribution in [3.8, 4) is 0 Å². The average Bonchev–Trinajstić information content (AvgIpc) is 2.84. The quantitative estimate of drug-likeness (QED) is 0.603. The highest BCUT2D eigenvalue weighted by Gasteiger charge is 2.56. The van der Waals surface area contributed by atoms with Gasteiger partial charge >= 0.3 is 6.18 Å². The fourth-order valence-corrected chi connectivity index (χ4v) is 3.68. The fourth-order valence-electron chi connectivity index (χ4n) is 3.68. The number of aliphatic hydroxyl groups is 1. The fraction of sp³-hybridized carbons (Fsp3) is 0.579. The Labute approximate surface area is 145 Å². The standard InChI is InChI=1S/C19H25F4NO/c1-12-5-7-14(20)9-16(12)17(3,4)11-18(25,19(21,22)23)10-15-8-6-13(2)24-15/h5-9,13,15,24-25H,10-11H2,1-4H3. The maximum atomic E-state index is 13.7. The molecule has 1 aliphatic rings. The van der Waals surface area contributed by atoms with Gasteiger partial charge < -0.3 is 10.4 Å². The number of alkyl halides is 3. The summed E-state index contributed by atoms with van der Waals surface area (Å²) in [5.74, 6) is -0.501. The van der Waals surface area contributed by atoms with Gasteiger partial charge in [0, 0.05) is 18.5 Å². The lowest BCUT2D eigenvalue weighted by molar-refractivity contribution is -0.270. The summed E-state index contributed by atoms with van der Waals surface area (Å²) in [7, 11) is 0. The summed E-state index contributed by atoms with van der Waals surface area (Å²) in [6.07, 6.45) is -2.37. The van der Waals surface area contributed by atoms with Crippen molar-refractivity contribution in [3.63, 3.8) is 0 Å². The molecule has 3 atom stereocenters. The third-order valence-corrected chi connectivity index (χ3v) is 4.86. The van der Waals surface area contributed by atoms with Crippen LogP contribution in [0.3, 0.4) is 0 Å². The topological polar surface area (TPSA) is 32.3 Å². The molecule has 0 amide bonds. The molecule has 0 aliphatic carbocycles. The summed E-state index contributed by atoms with van der Waals surface area (Å²) in [5, 5.41) is 13.6. The van der Waals surface area contributed by atoms with E-state index in [1.54, 1.807) is 39.0 Å². The summed E-state index contributed by atoms with van der Waals surface area (Å²) in [6, 6.07) is 3.50. The zero-order valence-corrected chi connectivity index (χ0v) is 14.9. The van der Waals surface area contributed by atoms with Crippen LogP contribution in [-0.2, 0) is 5.41 Å². The van der Waals surface area contributed by atoms with Gasteiger partial charge in [0.25, 0.3) is 0 Å². The first-order valence-electron chi connectivity index (χ1n) is 8.34. The Hall–Kier alpha value is -1.40. The molecule has 6 heteroatoms. The number of rotatable bonds is 5. The third-order valence-electron chi connectivity index (χ3n) is 4.86. The van der Waals surface area contributed by atoms with Crippen LogP contribution in [0.4, 0.5) is 17.6 Å². The second-order valence-corrected chi connectivity index (χ2v) is 7.70. The Bertz CT molecular complexity index is 653. The normalized spacial score (nSPS) is 23.7. The molecule has 140 valence electrons. The Morgan fingerprint density at radius 2 is 1.80 bits per heavy atom. The second-order valence-electron chi connectivity index (χ2n) is 7.70. The van der Waals surface area contributed by atoms with Crippen LogP contribution < -0.4 is 5.32 Å².